The fraction of sp³-hybridized carbons (Fsp3) is 0.182. The topological polar surface area (TPSA) is 84.4 Å². The first kappa shape index (κ1) is 18.6. The maximum Gasteiger partial charge on any atom is 0.263 e. The van der Waals surface area contributed by atoms with Gasteiger partial charge < -0.3 is 15.0 Å². The van der Waals surface area contributed by atoms with Gasteiger partial charge in [0.05, 0.1) is 5.69 Å². The Labute approximate surface area is 168 Å². The van der Waals surface area contributed by atoms with Crippen LogP contribution in [-0.2, 0) is 11.3 Å². The average Bonchev–Trinajstić information content (AvgIpc) is 2.88. The summed E-state index contributed by atoms with van der Waals surface area (Å²) < 4.78 is 5.86. The van der Waals surface area contributed by atoms with Gasteiger partial charge in [0, 0.05) is 38.1 Å². The van der Waals surface area contributed by atoms with Crippen LogP contribution in [-0.4, -0.2) is 28.3 Å². The van der Waals surface area contributed by atoms with Gasteiger partial charge >= 0.3 is 0 Å². The molecule has 0 fully saturated rings. The Morgan fingerprint density at radius 2 is 1.93 bits per heavy atom. The van der Waals surface area contributed by atoms with Crippen LogP contribution in [0.15, 0.2) is 67.1 Å². The second kappa shape index (κ2) is 8.52. The van der Waals surface area contributed by atoms with Crippen molar-refractivity contribution in [3.05, 3.63) is 78.2 Å². The van der Waals surface area contributed by atoms with Crippen LogP contribution in [0.2, 0.25) is 0 Å². The molecule has 0 unspecified atom stereocenters. The highest BCUT2D eigenvalue weighted by atomic mass is 16.5. The molecule has 7 nitrogen and oxygen atoms in total. The number of benzene rings is 1. The van der Waals surface area contributed by atoms with E-state index in [1.165, 1.54) is 0 Å². The molecule has 2 aromatic heterocycles. The van der Waals surface area contributed by atoms with Gasteiger partial charge in [-0.1, -0.05) is 18.2 Å². The van der Waals surface area contributed by atoms with E-state index in [9.17, 15) is 9.59 Å². The van der Waals surface area contributed by atoms with Crippen molar-refractivity contribution in [3.8, 4) is 11.6 Å². The molecule has 0 saturated heterocycles. The third-order valence-corrected chi connectivity index (χ3v) is 4.61. The standard InChI is InChI=1S/C22H20N4O3/c27-20(25-15-16-6-3-11-23-14-16)10-5-13-26-18-8-1-2-9-19(18)29-21-17(22(26)28)7-4-12-24-21/h1-4,6-9,11-12,14H,5,10,13,15H2,(H,25,27). The Bertz CT molecular complexity index is 1020. The summed E-state index contributed by atoms with van der Waals surface area (Å²) in [7, 11) is 0. The quantitative estimate of drug-likeness (QED) is 0.700. The summed E-state index contributed by atoms with van der Waals surface area (Å²) in [5.41, 5.74) is 2.02. The largest absolute Gasteiger partial charge is 0.436 e. The fourth-order valence-corrected chi connectivity index (χ4v) is 3.17. The van der Waals surface area contributed by atoms with Gasteiger partial charge in [0.1, 0.15) is 5.56 Å². The van der Waals surface area contributed by atoms with Crippen LogP contribution in [0.4, 0.5) is 5.69 Å². The second-order valence-electron chi connectivity index (χ2n) is 6.62. The maximum atomic E-state index is 13.1. The lowest BCUT2D eigenvalue weighted by molar-refractivity contribution is -0.121. The molecular weight excluding hydrogens is 368 g/mol. The van der Waals surface area contributed by atoms with Gasteiger partial charge in [-0.05, 0) is 42.3 Å². The molecule has 3 aromatic rings. The number of carbonyl (C=O) groups excluding carboxylic acids is 2. The minimum absolute atomic E-state index is 0.0669. The Morgan fingerprint density at radius 1 is 1.07 bits per heavy atom. The molecule has 7 heteroatoms. The number of para-hydroxylation sites is 2. The van der Waals surface area contributed by atoms with E-state index in [-0.39, 0.29) is 11.8 Å². The Hall–Kier alpha value is -3.74. The average molecular weight is 388 g/mol. The van der Waals surface area contributed by atoms with E-state index in [0.29, 0.717) is 48.8 Å². The number of ether oxygens (including phenoxy) is 1. The van der Waals surface area contributed by atoms with Gasteiger partial charge in [0.15, 0.2) is 5.75 Å². The van der Waals surface area contributed by atoms with Crippen molar-refractivity contribution < 1.29 is 14.3 Å². The van der Waals surface area contributed by atoms with Crippen molar-refractivity contribution in [2.24, 2.45) is 0 Å². The number of pyridine rings is 2. The normalized spacial score (nSPS) is 12.4. The van der Waals surface area contributed by atoms with Crippen LogP contribution in [0.25, 0.3) is 0 Å². The lowest BCUT2D eigenvalue weighted by Crippen LogP contribution is -2.32. The van der Waals surface area contributed by atoms with E-state index in [2.05, 4.69) is 15.3 Å². The van der Waals surface area contributed by atoms with Crippen LogP contribution in [0, 0.1) is 0 Å². The lowest BCUT2D eigenvalue weighted by atomic mass is 10.2. The van der Waals surface area contributed by atoms with Gasteiger partial charge in [-0.25, -0.2) is 4.98 Å². The molecule has 0 spiro atoms. The molecule has 29 heavy (non-hydrogen) atoms. The predicted octanol–water partition coefficient (Wildman–Crippen LogP) is 3.33. The molecular formula is C22H20N4O3. The molecule has 1 N–H and O–H groups in total. The molecule has 1 aliphatic rings. The Morgan fingerprint density at radius 3 is 2.79 bits per heavy atom. The number of amides is 2. The molecule has 1 aromatic carbocycles. The summed E-state index contributed by atoms with van der Waals surface area (Å²) in [6.45, 7) is 0.832. The van der Waals surface area contributed by atoms with Crippen molar-refractivity contribution in [2.45, 2.75) is 19.4 Å². The molecule has 0 atom stereocenters. The highest BCUT2D eigenvalue weighted by Gasteiger charge is 2.28. The number of aromatic nitrogens is 2. The predicted molar refractivity (Wildman–Crippen MR) is 108 cm³/mol. The van der Waals surface area contributed by atoms with Gasteiger partial charge in [-0.3, -0.25) is 14.6 Å². The molecule has 3 heterocycles. The molecule has 146 valence electrons. The molecule has 1 aliphatic heterocycles. The van der Waals surface area contributed by atoms with Crippen molar-refractivity contribution in [3.63, 3.8) is 0 Å². The molecule has 2 amide bonds. The van der Waals surface area contributed by atoms with Crippen LogP contribution in [0.1, 0.15) is 28.8 Å². The van der Waals surface area contributed by atoms with E-state index in [0.717, 1.165) is 5.56 Å². The van der Waals surface area contributed by atoms with Crippen LogP contribution in [0.5, 0.6) is 11.6 Å². The summed E-state index contributed by atoms with van der Waals surface area (Å²) in [5.74, 6) is 0.609. The second-order valence-corrected chi connectivity index (χ2v) is 6.62. The maximum absolute atomic E-state index is 13.1. The van der Waals surface area contributed by atoms with Gasteiger partial charge in [0.2, 0.25) is 11.8 Å². The highest BCUT2D eigenvalue weighted by Crippen LogP contribution is 2.37. The van der Waals surface area contributed by atoms with Crippen LogP contribution >= 0.6 is 0 Å². The van der Waals surface area contributed by atoms with Crippen molar-refractivity contribution >= 4 is 17.5 Å². The van der Waals surface area contributed by atoms with Gasteiger partial charge in [-0.15, -0.1) is 0 Å². The summed E-state index contributed by atoms with van der Waals surface area (Å²) in [6, 6.07) is 14.5. The number of nitrogens with one attached hydrogen (secondary N) is 1. The number of fused-ring (bicyclic) bond motifs is 2. The minimum atomic E-state index is -0.186. The monoisotopic (exact) mass is 388 g/mol. The number of anilines is 1. The molecule has 4 rings (SSSR count). The summed E-state index contributed by atoms with van der Waals surface area (Å²) in [4.78, 5) is 35.1. The van der Waals surface area contributed by atoms with Crippen molar-refractivity contribution in [1.29, 1.82) is 0 Å². The van der Waals surface area contributed by atoms with E-state index >= 15 is 0 Å². The number of hydrogen-bond donors (Lipinski definition) is 1. The summed E-state index contributed by atoms with van der Waals surface area (Å²) in [5, 5.41) is 2.88. The third-order valence-electron chi connectivity index (χ3n) is 4.61. The van der Waals surface area contributed by atoms with E-state index < -0.39 is 0 Å². The van der Waals surface area contributed by atoms with Gasteiger partial charge in [-0.2, -0.15) is 0 Å². The lowest BCUT2D eigenvalue weighted by Gasteiger charge is -2.21. The first-order valence-corrected chi connectivity index (χ1v) is 9.42. The SMILES string of the molecule is O=C(CCCN1C(=O)c2cccnc2Oc2ccccc21)NCc1cccnc1. The van der Waals surface area contributed by atoms with E-state index in [1.54, 1.807) is 41.7 Å². The zero-order valence-corrected chi connectivity index (χ0v) is 15.7. The summed E-state index contributed by atoms with van der Waals surface area (Å²) >= 11 is 0. The first-order chi connectivity index (χ1) is 14.2. The molecule has 0 aliphatic carbocycles. The van der Waals surface area contributed by atoms with Crippen molar-refractivity contribution in [1.82, 2.24) is 15.3 Å². The highest BCUT2D eigenvalue weighted by molar-refractivity contribution is 6.09. The molecule has 0 saturated carbocycles. The zero-order chi connectivity index (χ0) is 20.1. The summed E-state index contributed by atoms with van der Waals surface area (Å²) in [6.07, 6.45) is 5.84. The molecule has 0 bridgehead atoms. The van der Waals surface area contributed by atoms with E-state index in [4.69, 9.17) is 4.74 Å². The van der Waals surface area contributed by atoms with Crippen molar-refractivity contribution in [2.75, 3.05) is 11.4 Å². The number of rotatable bonds is 6. The van der Waals surface area contributed by atoms with Crippen LogP contribution < -0.4 is 15.0 Å². The Balaban J connectivity index is 1.42. The third kappa shape index (κ3) is 4.24. The number of hydrogen-bond acceptors (Lipinski definition) is 5. The first-order valence-electron chi connectivity index (χ1n) is 9.42. The number of carbonyl (C=O) groups is 2. The Kier molecular flexibility index (Phi) is 5.47. The molecule has 0 radical (unpaired) electrons. The van der Waals surface area contributed by atoms with Gasteiger partial charge in [0.25, 0.3) is 5.91 Å². The van der Waals surface area contributed by atoms with E-state index in [1.807, 2.05) is 30.3 Å². The zero-order valence-electron chi connectivity index (χ0n) is 15.7. The van der Waals surface area contributed by atoms with Crippen LogP contribution in [0.3, 0.4) is 0 Å². The minimum Gasteiger partial charge on any atom is -0.436 e. The number of nitrogens with zero attached hydrogens (tertiary/aromatic N) is 3. The smallest absolute Gasteiger partial charge is 0.263 e. The fourth-order valence-electron chi connectivity index (χ4n) is 3.17.